The Morgan fingerprint density at radius 2 is 2.33 bits per heavy atom. The summed E-state index contributed by atoms with van der Waals surface area (Å²) < 4.78 is 0. The lowest BCUT2D eigenvalue weighted by molar-refractivity contribution is 0.249. The predicted molar refractivity (Wildman–Crippen MR) is 68.4 cm³/mol. The maximum Gasteiger partial charge on any atom is 0.319 e. The number of benzene rings is 1. The van der Waals surface area contributed by atoms with Crippen molar-refractivity contribution in [2.75, 3.05) is 5.32 Å². The molecule has 1 atom stereocenters. The average molecular weight is 266 g/mol. The van der Waals surface area contributed by atoms with Crippen LogP contribution in [0.2, 0.25) is 5.02 Å². The fraction of sp³-hybridized carbons (Fsp3) is 0.182. The Labute approximate surface area is 109 Å². The van der Waals surface area contributed by atoms with Crippen molar-refractivity contribution in [1.82, 2.24) is 20.5 Å². The van der Waals surface area contributed by atoms with E-state index in [-0.39, 0.29) is 12.1 Å². The summed E-state index contributed by atoms with van der Waals surface area (Å²) in [6.45, 7) is 1.80. The van der Waals surface area contributed by atoms with Crippen molar-refractivity contribution in [3.8, 4) is 0 Å². The molecule has 1 unspecified atom stereocenters. The number of amides is 2. The summed E-state index contributed by atoms with van der Waals surface area (Å²) in [6.07, 6.45) is 1.39. The normalized spacial score (nSPS) is 11.9. The van der Waals surface area contributed by atoms with E-state index >= 15 is 0 Å². The first-order valence-corrected chi connectivity index (χ1v) is 5.71. The van der Waals surface area contributed by atoms with Gasteiger partial charge in [0.05, 0.1) is 6.04 Å². The van der Waals surface area contributed by atoms with Crippen LogP contribution in [0.5, 0.6) is 0 Å². The molecule has 3 N–H and O–H groups in total. The molecule has 6 nitrogen and oxygen atoms in total. The van der Waals surface area contributed by atoms with Crippen LogP contribution in [-0.4, -0.2) is 21.2 Å². The maximum atomic E-state index is 11.7. The van der Waals surface area contributed by atoms with Gasteiger partial charge in [-0.15, -0.1) is 0 Å². The summed E-state index contributed by atoms with van der Waals surface area (Å²) in [7, 11) is 0. The molecule has 1 heterocycles. The molecule has 0 saturated heterocycles. The first kappa shape index (κ1) is 12.4. The summed E-state index contributed by atoms with van der Waals surface area (Å²) in [5.41, 5.74) is 0.629. The number of hydrogen-bond acceptors (Lipinski definition) is 3. The fourth-order valence-electron chi connectivity index (χ4n) is 1.42. The van der Waals surface area contributed by atoms with E-state index in [0.29, 0.717) is 16.5 Å². The Balaban J connectivity index is 1.93. The van der Waals surface area contributed by atoms with Crippen LogP contribution < -0.4 is 10.6 Å². The molecule has 0 bridgehead atoms. The van der Waals surface area contributed by atoms with E-state index in [2.05, 4.69) is 25.8 Å². The Morgan fingerprint density at radius 1 is 1.50 bits per heavy atom. The smallest absolute Gasteiger partial charge is 0.319 e. The van der Waals surface area contributed by atoms with Crippen LogP contribution >= 0.6 is 11.6 Å². The van der Waals surface area contributed by atoms with Crippen molar-refractivity contribution in [3.05, 3.63) is 41.4 Å². The number of aromatic nitrogens is 3. The molecule has 0 aliphatic rings. The predicted octanol–water partition coefficient (Wildman–Crippen LogP) is 2.34. The lowest BCUT2D eigenvalue weighted by atomic mass is 10.3. The Bertz CT molecular complexity index is 528. The Hall–Kier alpha value is -2.08. The Morgan fingerprint density at radius 3 is 3.00 bits per heavy atom. The second-order valence-corrected chi connectivity index (χ2v) is 4.14. The largest absolute Gasteiger partial charge is 0.328 e. The highest BCUT2D eigenvalue weighted by atomic mass is 35.5. The minimum Gasteiger partial charge on any atom is -0.328 e. The van der Waals surface area contributed by atoms with Crippen molar-refractivity contribution in [3.63, 3.8) is 0 Å². The first-order valence-electron chi connectivity index (χ1n) is 5.33. The van der Waals surface area contributed by atoms with Crippen molar-refractivity contribution in [1.29, 1.82) is 0 Å². The number of carbonyl (C=O) groups is 1. The van der Waals surface area contributed by atoms with Crippen LogP contribution in [0.15, 0.2) is 30.6 Å². The van der Waals surface area contributed by atoms with Crippen LogP contribution in [0, 0.1) is 0 Å². The lowest BCUT2D eigenvalue weighted by Gasteiger charge is -2.12. The number of rotatable bonds is 3. The second kappa shape index (κ2) is 5.50. The quantitative estimate of drug-likeness (QED) is 0.797. The molecule has 0 aliphatic heterocycles. The van der Waals surface area contributed by atoms with Gasteiger partial charge in [0.15, 0.2) is 0 Å². The minimum atomic E-state index is -0.332. The van der Waals surface area contributed by atoms with Crippen LogP contribution in [0.25, 0.3) is 0 Å². The molecule has 18 heavy (non-hydrogen) atoms. The summed E-state index contributed by atoms with van der Waals surface area (Å²) in [4.78, 5) is 15.7. The number of nitrogens with zero attached hydrogens (tertiary/aromatic N) is 2. The highest BCUT2D eigenvalue weighted by molar-refractivity contribution is 6.30. The van der Waals surface area contributed by atoms with E-state index in [1.807, 2.05) is 0 Å². The summed E-state index contributed by atoms with van der Waals surface area (Å²) in [6, 6.07) is 6.33. The maximum absolute atomic E-state index is 11.7. The molecule has 1 aromatic carbocycles. The minimum absolute atomic E-state index is 0.258. The molecule has 7 heteroatoms. The van der Waals surface area contributed by atoms with Gasteiger partial charge >= 0.3 is 6.03 Å². The zero-order valence-corrected chi connectivity index (χ0v) is 10.4. The molecular weight excluding hydrogens is 254 g/mol. The SMILES string of the molecule is CC(NC(=O)Nc1cccc(Cl)c1)c1ncn[nH]1. The number of urea groups is 1. The molecule has 1 aromatic heterocycles. The highest BCUT2D eigenvalue weighted by Crippen LogP contribution is 2.15. The van der Waals surface area contributed by atoms with Gasteiger partial charge in [-0.1, -0.05) is 17.7 Å². The summed E-state index contributed by atoms with van der Waals surface area (Å²) in [5, 5.41) is 12.4. The van der Waals surface area contributed by atoms with Gasteiger partial charge in [-0.25, -0.2) is 9.78 Å². The molecule has 0 saturated carbocycles. The molecular formula is C11H12ClN5O. The van der Waals surface area contributed by atoms with Gasteiger partial charge in [0.2, 0.25) is 0 Å². The fourth-order valence-corrected chi connectivity index (χ4v) is 1.61. The number of halogens is 1. The molecule has 2 amide bonds. The Kier molecular flexibility index (Phi) is 3.78. The second-order valence-electron chi connectivity index (χ2n) is 3.70. The number of aromatic amines is 1. The summed E-state index contributed by atoms with van der Waals surface area (Å²) >= 11 is 5.82. The van der Waals surface area contributed by atoms with Gasteiger partial charge in [0, 0.05) is 10.7 Å². The first-order chi connectivity index (χ1) is 8.65. The van der Waals surface area contributed by atoms with Gasteiger partial charge in [0.1, 0.15) is 12.2 Å². The van der Waals surface area contributed by atoms with E-state index in [1.165, 1.54) is 6.33 Å². The number of anilines is 1. The third kappa shape index (κ3) is 3.21. The standard InChI is InChI=1S/C11H12ClN5O/c1-7(10-13-6-14-17-10)15-11(18)16-9-4-2-3-8(12)5-9/h2-7H,1H3,(H,13,14,17)(H2,15,16,18). The van der Waals surface area contributed by atoms with Gasteiger partial charge in [-0.3, -0.25) is 5.10 Å². The van der Waals surface area contributed by atoms with Crippen molar-refractivity contribution < 1.29 is 4.79 Å². The third-order valence-corrected chi connectivity index (χ3v) is 2.51. The summed E-state index contributed by atoms with van der Waals surface area (Å²) in [5.74, 6) is 0.594. The highest BCUT2D eigenvalue weighted by Gasteiger charge is 2.11. The number of H-pyrrole nitrogens is 1. The van der Waals surface area contributed by atoms with Crippen LogP contribution in [0.1, 0.15) is 18.8 Å². The zero-order valence-electron chi connectivity index (χ0n) is 9.64. The van der Waals surface area contributed by atoms with Crippen LogP contribution in [0.4, 0.5) is 10.5 Å². The molecule has 94 valence electrons. The molecule has 2 aromatic rings. The monoisotopic (exact) mass is 265 g/mol. The van der Waals surface area contributed by atoms with Crippen LogP contribution in [-0.2, 0) is 0 Å². The molecule has 0 aliphatic carbocycles. The van der Waals surface area contributed by atoms with Crippen molar-refractivity contribution >= 4 is 23.3 Å². The van der Waals surface area contributed by atoms with Gasteiger partial charge in [0.25, 0.3) is 0 Å². The molecule has 0 spiro atoms. The van der Waals surface area contributed by atoms with Crippen molar-refractivity contribution in [2.24, 2.45) is 0 Å². The van der Waals surface area contributed by atoms with Gasteiger partial charge in [-0.2, -0.15) is 5.10 Å². The lowest BCUT2D eigenvalue weighted by Crippen LogP contribution is -2.31. The van der Waals surface area contributed by atoms with E-state index in [1.54, 1.807) is 31.2 Å². The van der Waals surface area contributed by atoms with Crippen molar-refractivity contribution in [2.45, 2.75) is 13.0 Å². The molecule has 0 radical (unpaired) electrons. The number of carbonyl (C=O) groups excluding carboxylic acids is 1. The number of nitrogens with one attached hydrogen (secondary N) is 3. The van der Waals surface area contributed by atoms with Crippen LogP contribution in [0.3, 0.4) is 0 Å². The van der Waals surface area contributed by atoms with Gasteiger partial charge in [-0.05, 0) is 25.1 Å². The molecule has 2 rings (SSSR count). The molecule has 0 fully saturated rings. The zero-order chi connectivity index (χ0) is 13.0. The third-order valence-electron chi connectivity index (χ3n) is 2.27. The van der Waals surface area contributed by atoms with E-state index in [0.717, 1.165) is 0 Å². The van der Waals surface area contributed by atoms with E-state index in [9.17, 15) is 4.79 Å². The topological polar surface area (TPSA) is 82.7 Å². The number of hydrogen-bond donors (Lipinski definition) is 3. The average Bonchev–Trinajstić information content (AvgIpc) is 2.81. The van der Waals surface area contributed by atoms with E-state index < -0.39 is 0 Å². The van der Waals surface area contributed by atoms with E-state index in [4.69, 9.17) is 11.6 Å². The van der Waals surface area contributed by atoms with Gasteiger partial charge < -0.3 is 10.6 Å².